The van der Waals surface area contributed by atoms with E-state index in [0.717, 1.165) is 24.3 Å². The molecule has 0 aliphatic carbocycles. The number of anilines is 2. The van der Waals surface area contributed by atoms with Gasteiger partial charge in [0.15, 0.2) is 4.32 Å². The van der Waals surface area contributed by atoms with Crippen LogP contribution in [0.2, 0.25) is 0 Å². The highest BCUT2D eigenvalue weighted by Gasteiger charge is 2.35. The van der Waals surface area contributed by atoms with Crippen LogP contribution in [-0.2, 0) is 4.79 Å². The largest absolute Gasteiger partial charge is 0.478 e. The second-order valence-electron chi connectivity index (χ2n) is 6.10. The van der Waals surface area contributed by atoms with Crippen molar-refractivity contribution < 1.29 is 14.7 Å². The van der Waals surface area contributed by atoms with Gasteiger partial charge in [0, 0.05) is 18.8 Å². The van der Waals surface area contributed by atoms with Crippen LogP contribution < -0.4 is 9.80 Å². The molecule has 7 heteroatoms. The predicted molar refractivity (Wildman–Crippen MR) is 119 cm³/mol. The van der Waals surface area contributed by atoms with Gasteiger partial charge in [-0.25, -0.2) is 4.79 Å². The highest BCUT2D eigenvalue weighted by atomic mass is 32.2. The summed E-state index contributed by atoms with van der Waals surface area (Å²) in [4.78, 5) is 28.4. The third-order valence-electron chi connectivity index (χ3n) is 4.49. The van der Waals surface area contributed by atoms with Gasteiger partial charge in [-0.3, -0.25) is 9.69 Å². The number of hydrogen-bond donors (Lipinski definition) is 1. The number of thiocarbonyl (C=S) groups is 1. The Labute approximate surface area is 173 Å². The van der Waals surface area contributed by atoms with Crippen molar-refractivity contribution in [1.29, 1.82) is 0 Å². The Hall–Kier alpha value is -2.64. The van der Waals surface area contributed by atoms with Crippen LogP contribution >= 0.6 is 24.0 Å². The first kappa shape index (κ1) is 20.1. The number of carboxylic acid groups (broad SMARTS) is 1. The summed E-state index contributed by atoms with van der Waals surface area (Å²) in [5, 5.41) is 9.40. The lowest BCUT2D eigenvalue weighted by Crippen LogP contribution is -2.29. The number of aromatic carboxylic acids is 1. The average Bonchev–Trinajstić information content (AvgIpc) is 2.97. The van der Waals surface area contributed by atoms with Crippen molar-refractivity contribution in [3.05, 3.63) is 64.6 Å². The van der Waals surface area contributed by atoms with Crippen LogP contribution in [0.4, 0.5) is 11.4 Å². The van der Waals surface area contributed by atoms with Gasteiger partial charge in [-0.15, -0.1) is 0 Å². The first-order valence-electron chi connectivity index (χ1n) is 8.91. The van der Waals surface area contributed by atoms with Crippen LogP contribution in [0.25, 0.3) is 6.08 Å². The number of para-hydroxylation sites is 1. The maximum atomic E-state index is 12.9. The molecule has 0 spiro atoms. The van der Waals surface area contributed by atoms with Gasteiger partial charge in [-0.1, -0.05) is 48.2 Å². The minimum Gasteiger partial charge on any atom is -0.478 e. The van der Waals surface area contributed by atoms with Gasteiger partial charge >= 0.3 is 5.97 Å². The minimum atomic E-state index is -1.10. The van der Waals surface area contributed by atoms with E-state index >= 15 is 0 Å². The summed E-state index contributed by atoms with van der Waals surface area (Å²) in [6.07, 6.45) is 1.79. The molecule has 1 heterocycles. The van der Waals surface area contributed by atoms with Gasteiger partial charge in [0.2, 0.25) is 0 Å². The number of hydrogen-bond acceptors (Lipinski definition) is 5. The van der Waals surface area contributed by atoms with Gasteiger partial charge < -0.3 is 10.0 Å². The third kappa shape index (κ3) is 3.95. The third-order valence-corrected chi connectivity index (χ3v) is 5.79. The summed E-state index contributed by atoms with van der Waals surface area (Å²) in [5.74, 6) is -1.41. The maximum Gasteiger partial charge on any atom is 0.337 e. The zero-order chi connectivity index (χ0) is 20.3. The van der Waals surface area contributed by atoms with E-state index in [1.165, 1.54) is 22.7 Å². The van der Waals surface area contributed by atoms with Crippen molar-refractivity contribution in [3.63, 3.8) is 0 Å². The molecule has 1 aliphatic rings. The molecule has 0 atom stereocenters. The topological polar surface area (TPSA) is 60.9 Å². The van der Waals surface area contributed by atoms with Gasteiger partial charge in [-0.2, -0.15) is 0 Å². The maximum absolute atomic E-state index is 12.9. The molecule has 3 rings (SSSR count). The molecular formula is C21H20N2O3S2. The zero-order valence-electron chi connectivity index (χ0n) is 15.6. The van der Waals surface area contributed by atoms with Crippen molar-refractivity contribution in [1.82, 2.24) is 0 Å². The number of rotatable bonds is 6. The van der Waals surface area contributed by atoms with Crippen LogP contribution in [0, 0.1) is 0 Å². The van der Waals surface area contributed by atoms with Crippen molar-refractivity contribution >= 4 is 57.6 Å². The summed E-state index contributed by atoms with van der Waals surface area (Å²) >= 11 is 6.53. The Morgan fingerprint density at radius 2 is 1.79 bits per heavy atom. The van der Waals surface area contributed by atoms with E-state index in [-0.39, 0.29) is 17.2 Å². The molecule has 1 saturated heterocycles. The molecule has 5 nitrogen and oxygen atoms in total. The molecule has 1 fully saturated rings. The summed E-state index contributed by atoms with van der Waals surface area (Å²) in [6, 6.07) is 14.4. The first-order valence-corrected chi connectivity index (χ1v) is 10.1. The minimum absolute atomic E-state index is 0.0450. The van der Waals surface area contributed by atoms with E-state index in [2.05, 4.69) is 18.7 Å². The van der Waals surface area contributed by atoms with Crippen molar-refractivity contribution in [2.45, 2.75) is 13.8 Å². The van der Waals surface area contributed by atoms with E-state index in [1.54, 1.807) is 24.3 Å². The van der Waals surface area contributed by atoms with Crippen LogP contribution in [0.3, 0.4) is 0 Å². The molecule has 2 aromatic carbocycles. The molecule has 0 radical (unpaired) electrons. The number of nitrogens with zero attached hydrogens (tertiary/aromatic N) is 2. The van der Waals surface area contributed by atoms with Gasteiger partial charge in [0.25, 0.3) is 5.91 Å². The molecule has 1 aliphatic heterocycles. The van der Waals surface area contributed by atoms with E-state index in [1.807, 2.05) is 24.3 Å². The molecule has 0 saturated carbocycles. The van der Waals surface area contributed by atoms with Crippen LogP contribution in [0.15, 0.2) is 53.4 Å². The lowest BCUT2D eigenvalue weighted by Gasteiger charge is -2.20. The number of benzene rings is 2. The van der Waals surface area contributed by atoms with Gasteiger partial charge in [-0.05, 0) is 49.8 Å². The summed E-state index contributed by atoms with van der Waals surface area (Å²) in [6.45, 7) is 6.07. The Morgan fingerprint density at radius 3 is 2.39 bits per heavy atom. The zero-order valence-corrected chi connectivity index (χ0v) is 17.2. The number of carbonyl (C=O) groups is 2. The second kappa shape index (κ2) is 8.58. The first-order chi connectivity index (χ1) is 13.5. The number of amides is 1. The van der Waals surface area contributed by atoms with Gasteiger partial charge in [0.05, 0.1) is 16.2 Å². The SMILES string of the molecule is CCN(CC)c1ccc(/C=C2\SC(=S)N(c3ccccc3C(=O)O)C2=O)cc1. The summed E-state index contributed by atoms with van der Waals surface area (Å²) in [7, 11) is 0. The highest BCUT2D eigenvalue weighted by molar-refractivity contribution is 8.27. The van der Waals surface area contributed by atoms with Gasteiger partial charge in [0.1, 0.15) is 0 Å². The lowest BCUT2D eigenvalue weighted by atomic mass is 10.1. The van der Waals surface area contributed by atoms with E-state index in [9.17, 15) is 14.7 Å². The lowest BCUT2D eigenvalue weighted by molar-refractivity contribution is -0.113. The molecule has 0 aromatic heterocycles. The second-order valence-corrected chi connectivity index (χ2v) is 7.78. The molecule has 2 aromatic rings. The number of carbonyl (C=O) groups excluding carboxylic acids is 1. The van der Waals surface area contributed by atoms with Crippen LogP contribution in [0.1, 0.15) is 29.8 Å². The quantitative estimate of drug-likeness (QED) is 0.551. The molecular weight excluding hydrogens is 392 g/mol. The average molecular weight is 413 g/mol. The van der Waals surface area contributed by atoms with E-state index in [0.29, 0.717) is 9.23 Å². The smallest absolute Gasteiger partial charge is 0.337 e. The molecule has 1 amide bonds. The molecule has 0 unspecified atom stereocenters. The highest BCUT2D eigenvalue weighted by Crippen LogP contribution is 2.37. The fourth-order valence-corrected chi connectivity index (χ4v) is 4.33. The Bertz CT molecular complexity index is 950. The summed E-state index contributed by atoms with van der Waals surface area (Å²) in [5.41, 5.74) is 2.36. The Morgan fingerprint density at radius 1 is 1.14 bits per heavy atom. The molecule has 1 N–H and O–H groups in total. The fourth-order valence-electron chi connectivity index (χ4n) is 3.05. The normalized spacial score (nSPS) is 15.4. The molecule has 28 heavy (non-hydrogen) atoms. The number of carboxylic acids is 1. The Kier molecular flexibility index (Phi) is 6.16. The van der Waals surface area contributed by atoms with Crippen molar-refractivity contribution in [3.8, 4) is 0 Å². The molecule has 0 bridgehead atoms. The standard InChI is InChI=1S/C21H20N2O3S2/c1-3-22(4-2)15-11-9-14(10-12-15)13-18-19(24)23(21(27)28-18)17-8-6-5-7-16(17)20(25)26/h5-13H,3-4H2,1-2H3,(H,25,26)/b18-13-. The number of thioether (sulfide) groups is 1. The van der Waals surface area contributed by atoms with E-state index in [4.69, 9.17) is 12.2 Å². The van der Waals surface area contributed by atoms with Crippen molar-refractivity contribution in [2.75, 3.05) is 22.9 Å². The van der Waals surface area contributed by atoms with E-state index < -0.39 is 5.97 Å². The van der Waals surface area contributed by atoms with Crippen molar-refractivity contribution in [2.24, 2.45) is 0 Å². The monoisotopic (exact) mass is 412 g/mol. The predicted octanol–water partition coefficient (Wildman–Crippen LogP) is 4.64. The Balaban J connectivity index is 1.89. The summed E-state index contributed by atoms with van der Waals surface area (Å²) < 4.78 is 0.324. The van der Waals surface area contributed by atoms with Crippen LogP contribution in [0.5, 0.6) is 0 Å². The molecule has 144 valence electrons. The fraction of sp³-hybridized carbons (Fsp3) is 0.190. The van der Waals surface area contributed by atoms with Crippen LogP contribution in [-0.4, -0.2) is 34.4 Å².